The Morgan fingerprint density at radius 1 is 1.30 bits per heavy atom. The van der Waals surface area contributed by atoms with Crippen LogP contribution in [0.5, 0.6) is 11.6 Å². The summed E-state index contributed by atoms with van der Waals surface area (Å²) in [7, 11) is 0. The average molecular weight is 316 g/mol. The van der Waals surface area contributed by atoms with Crippen molar-refractivity contribution in [1.82, 2.24) is 9.88 Å². The largest absolute Gasteiger partial charge is 0.508 e. The maximum atomic E-state index is 13.0. The molecule has 3 rings (SSSR count). The molecule has 1 aliphatic rings. The molecule has 1 saturated heterocycles. The summed E-state index contributed by atoms with van der Waals surface area (Å²) in [5.41, 5.74) is 0.851. The number of carbonyl (C=O) groups is 1. The number of hydrogen-bond acceptors (Lipinski definition) is 4. The van der Waals surface area contributed by atoms with E-state index in [1.165, 1.54) is 6.07 Å². The molecule has 2 aromatic rings. The van der Waals surface area contributed by atoms with Gasteiger partial charge in [0.05, 0.1) is 13.0 Å². The summed E-state index contributed by atoms with van der Waals surface area (Å²) >= 11 is 0. The van der Waals surface area contributed by atoms with Gasteiger partial charge < -0.3 is 14.7 Å². The second kappa shape index (κ2) is 6.64. The summed E-state index contributed by atoms with van der Waals surface area (Å²) in [5.74, 6) is -0.156. The number of nitrogens with zero attached hydrogens (tertiary/aromatic N) is 2. The number of phenols is 1. The number of aromatic nitrogens is 1. The zero-order valence-corrected chi connectivity index (χ0v) is 12.5. The van der Waals surface area contributed by atoms with Gasteiger partial charge in [-0.25, -0.2) is 0 Å². The van der Waals surface area contributed by atoms with Gasteiger partial charge in [0.15, 0.2) is 0 Å². The molecule has 2 heterocycles. The number of phenolic OH excluding ortho intramolecular Hbond substituents is 1. The van der Waals surface area contributed by atoms with Crippen LogP contribution in [-0.4, -0.2) is 40.1 Å². The molecular weight excluding hydrogens is 299 g/mol. The fourth-order valence-corrected chi connectivity index (χ4v) is 2.58. The minimum atomic E-state index is -0.583. The highest BCUT2D eigenvalue weighted by Gasteiger charge is 2.27. The molecule has 1 aliphatic heterocycles. The third-order valence-electron chi connectivity index (χ3n) is 3.77. The zero-order chi connectivity index (χ0) is 16.2. The highest BCUT2D eigenvalue weighted by atomic mass is 19.1. The van der Waals surface area contributed by atoms with Gasteiger partial charge in [0, 0.05) is 19.0 Å². The predicted molar refractivity (Wildman–Crippen MR) is 81.6 cm³/mol. The topological polar surface area (TPSA) is 62.7 Å². The van der Waals surface area contributed by atoms with Crippen LogP contribution in [0, 0.1) is 5.95 Å². The molecule has 1 fully saturated rings. The molecule has 0 aliphatic carbocycles. The summed E-state index contributed by atoms with van der Waals surface area (Å²) < 4.78 is 18.7. The van der Waals surface area contributed by atoms with Crippen molar-refractivity contribution < 1.29 is 19.0 Å². The number of rotatable bonds is 4. The van der Waals surface area contributed by atoms with Crippen LogP contribution in [0.1, 0.15) is 12.0 Å². The molecule has 1 unspecified atom stereocenters. The summed E-state index contributed by atoms with van der Waals surface area (Å²) in [6.45, 7) is 1.08. The van der Waals surface area contributed by atoms with Gasteiger partial charge in [0.1, 0.15) is 11.9 Å². The molecule has 120 valence electrons. The van der Waals surface area contributed by atoms with Crippen molar-refractivity contribution in [1.29, 1.82) is 0 Å². The van der Waals surface area contributed by atoms with E-state index in [9.17, 15) is 14.3 Å². The molecule has 1 atom stereocenters. The van der Waals surface area contributed by atoms with Gasteiger partial charge in [-0.3, -0.25) is 4.79 Å². The number of halogens is 1. The van der Waals surface area contributed by atoms with E-state index in [-0.39, 0.29) is 30.1 Å². The minimum absolute atomic E-state index is 0.00833. The van der Waals surface area contributed by atoms with E-state index < -0.39 is 5.95 Å². The normalized spacial score (nSPS) is 17.3. The monoisotopic (exact) mass is 316 g/mol. The molecule has 0 spiro atoms. The average Bonchev–Trinajstić information content (AvgIpc) is 2.98. The number of pyridine rings is 1. The quantitative estimate of drug-likeness (QED) is 0.878. The van der Waals surface area contributed by atoms with E-state index in [0.29, 0.717) is 19.5 Å². The molecule has 0 radical (unpaired) electrons. The maximum Gasteiger partial charge on any atom is 0.227 e. The van der Waals surface area contributed by atoms with Gasteiger partial charge in [-0.2, -0.15) is 9.37 Å². The number of amides is 1. The lowest BCUT2D eigenvalue weighted by molar-refractivity contribution is -0.129. The molecule has 1 N–H and O–H groups in total. The number of ether oxygens (including phenoxy) is 1. The number of hydrogen-bond donors (Lipinski definition) is 1. The molecule has 1 amide bonds. The van der Waals surface area contributed by atoms with Gasteiger partial charge in [-0.15, -0.1) is 0 Å². The van der Waals surface area contributed by atoms with Crippen molar-refractivity contribution in [3.63, 3.8) is 0 Å². The first kappa shape index (κ1) is 15.3. The molecule has 6 heteroatoms. The fourth-order valence-electron chi connectivity index (χ4n) is 2.58. The van der Waals surface area contributed by atoms with Gasteiger partial charge in [-0.1, -0.05) is 18.2 Å². The molecule has 1 aromatic heterocycles. The van der Waals surface area contributed by atoms with Crippen LogP contribution in [0.3, 0.4) is 0 Å². The highest BCUT2D eigenvalue weighted by molar-refractivity contribution is 5.79. The standard InChI is InChI=1S/C17H17FN2O3/c18-15-2-1-3-16(19-15)23-14-8-9-20(11-14)17(22)10-12-4-6-13(21)7-5-12/h1-7,14,21H,8-11H2. The molecule has 0 saturated carbocycles. The van der Waals surface area contributed by atoms with Crippen LogP contribution in [0.2, 0.25) is 0 Å². The Morgan fingerprint density at radius 3 is 2.83 bits per heavy atom. The number of likely N-dealkylation sites (tertiary alicyclic amines) is 1. The number of benzene rings is 1. The third-order valence-corrected chi connectivity index (χ3v) is 3.77. The summed E-state index contributed by atoms with van der Waals surface area (Å²) in [6, 6.07) is 11.0. The Kier molecular flexibility index (Phi) is 4.41. The molecular formula is C17H17FN2O3. The molecule has 23 heavy (non-hydrogen) atoms. The van der Waals surface area contributed by atoms with Crippen molar-refractivity contribution in [3.05, 3.63) is 54.0 Å². The first-order valence-electron chi connectivity index (χ1n) is 7.45. The van der Waals surface area contributed by atoms with Crippen LogP contribution in [-0.2, 0) is 11.2 Å². The molecule has 1 aromatic carbocycles. The molecule has 5 nitrogen and oxygen atoms in total. The van der Waals surface area contributed by atoms with Crippen LogP contribution in [0.4, 0.5) is 4.39 Å². The highest BCUT2D eigenvalue weighted by Crippen LogP contribution is 2.18. The third kappa shape index (κ3) is 3.97. The van der Waals surface area contributed by atoms with E-state index in [1.54, 1.807) is 41.3 Å². The van der Waals surface area contributed by atoms with E-state index >= 15 is 0 Å². The lowest BCUT2D eigenvalue weighted by Crippen LogP contribution is -2.32. The van der Waals surface area contributed by atoms with E-state index in [4.69, 9.17) is 4.74 Å². The SMILES string of the molecule is O=C(Cc1ccc(O)cc1)N1CCC(Oc2cccc(F)n2)C1. The van der Waals surface area contributed by atoms with Crippen molar-refractivity contribution in [2.24, 2.45) is 0 Å². The molecule has 0 bridgehead atoms. The van der Waals surface area contributed by atoms with Crippen molar-refractivity contribution in [2.75, 3.05) is 13.1 Å². The van der Waals surface area contributed by atoms with Gasteiger partial charge in [0.2, 0.25) is 17.7 Å². The van der Waals surface area contributed by atoms with Crippen LogP contribution in [0.25, 0.3) is 0 Å². The smallest absolute Gasteiger partial charge is 0.227 e. The zero-order valence-electron chi connectivity index (χ0n) is 12.5. The second-order valence-corrected chi connectivity index (χ2v) is 5.51. The maximum absolute atomic E-state index is 13.0. The first-order valence-corrected chi connectivity index (χ1v) is 7.45. The minimum Gasteiger partial charge on any atom is -0.508 e. The Hall–Kier alpha value is -2.63. The summed E-state index contributed by atoms with van der Waals surface area (Å²) in [4.78, 5) is 17.7. The van der Waals surface area contributed by atoms with Gasteiger partial charge in [0.25, 0.3) is 0 Å². The number of carbonyl (C=O) groups excluding carboxylic acids is 1. The Morgan fingerprint density at radius 2 is 2.09 bits per heavy atom. The van der Waals surface area contributed by atoms with Crippen LogP contribution in [0.15, 0.2) is 42.5 Å². The van der Waals surface area contributed by atoms with Crippen LogP contribution >= 0.6 is 0 Å². The predicted octanol–water partition coefficient (Wildman–Crippen LogP) is 2.15. The van der Waals surface area contributed by atoms with Crippen molar-refractivity contribution >= 4 is 5.91 Å². The number of aromatic hydroxyl groups is 1. The van der Waals surface area contributed by atoms with Gasteiger partial charge >= 0.3 is 0 Å². The van der Waals surface area contributed by atoms with E-state index in [1.807, 2.05) is 0 Å². The van der Waals surface area contributed by atoms with Crippen molar-refractivity contribution in [3.8, 4) is 11.6 Å². The second-order valence-electron chi connectivity index (χ2n) is 5.51. The Labute approximate surface area is 133 Å². The Bertz CT molecular complexity index is 690. The van der Waals surface area contributed by atoms with E-state index in [2.05, 4.69) is 4.98 Å². The van der Waals surface area contributed by atoms with Gasteiger partial charge in [-0.05, 0) is 23.8 Å². The Balaban J connectivity index is 1.54. The lowest BCUT2D eigenvalue weighted by Gasteiger charge is -2.17. The summed E-state index contributed by atoms with van der Waals surface area (Å²) in [5, 5.41) is 9.25. The van der Waals surface area contributed by atoms with Crippen LogP contribution < -0.4 is 4.74 Å². The van der Waals surface area contributed by atoms with Crippen molar-refractivity contribution in [2.45, 2.75) is 18.9 Å². The lowest BCUT2D eigenvalue weighted by atomic mass is 10.1. The van der Waals surface area contributed by atoms with E-state index in [0.717, 1.165) is 5.56 Å². The fraction of sp³-hybridized carbons (Fsp3) is 0.294. The summed E-state index contributed by atoms with van der Waals surface area (Å²) in [6.07, 6.45) is 0.804. The first-order chi connectivity index (χ1) is 11.1.